The number of carbonyl (C=O) groups is 2. The zero-order valence-corrected chi connectivity index (χ0v) is 18.5. The third-order valence-corrected chi connectivity index (χ3v) is 6.86. The summed E-state index contributed by atoms with van der Waals surface area (Å²) >= 11 is 0. The highest BCUT2D eigenvalue weighted by Crippen LogP contribution is 2.41. The number of aryl methyl sites for hydroxylation is 1. The van der Waals surface area contributed by atoms with E-state index in [-0.39, 0.29) is 11.4 Å². The zero-order chi connectivity index (χ0) is 23.5. The molecule has 4 rings (SSSR count). The molecule has 1 saturated carbocycles. The average Bonchev–Trinajstić information content (AvgIpc) is 3.40. The molecule has 2 aliphatic heterocycles. The molecule has 2 saturated heterocycles. The van der Waals surface area contributed by atoms with Gasteiger partial charge >= 0.3 is 12.1 Å². The van der Waals surface area contributed by atoms with Crippen molar-refractivity contribution in [1.82, 2.24) is 19.6 Å². The number of carbonyl (C=O) groups excluding carboxylic acids is 1. The summed E-state index contributed by atoms with van der Waals surface area (Å²) in [7, 11) is 4.09. The van der Waals surface area contributed by atoms with E-state index >= 15 is 0 Å². The molecule has 11 heteroatoms. The monoisotopic (exact) mass is 460 g/mol. The smallest absolute Gasteiger partial charge is 0.475 e. The minimum Gasteiger partial charge on any atom is -0.475 e. The summed E-state index contributed by atoms with van der Waals surface area (Å²) in [5.41, 5.74) is 0.943. The SMILES string of the molecule is CN1C(COCC2CC2)CCC12CCN(C(=O)c1ccnn1C)CC2.O=C(O)C(F)(F)F. The molecule has 1 unspecified atom stereocenters. The van der Waals surface area contributed by atoms with E-state index in [1.165, 1.54) is 25.7 Å². The number of aliphatic carboxylic acids is 1. The molecule has 3 fully saturated rings. The summed E-state index contributed by atoms with van der Waals surface area (Å²) in [4.78, 5) is 26.1. The maximum absolute atomic E-state index is 12.7. The number of amides is 1. The summed E-state index contributed by atoms with van der Waals surface area (Å²) in [6.45, 7) is 3.49. The first kappa shape index (κ1) is 24.5. The normalized spacial score (nSPS) is 23.2. The van der Waals surface area contributed by atoms with Crippen LogP contribution in [0.5, 0.6) is 0 Å². The van der Waals surface area contributed by atoms with E-state index in [2.05, 4.69) is 17.0 Å². The van der Waals surface area contributed by atoms with Crippen LogP contribution in [0.4, 0.5) is 13.2 Å². The van der Waals surface area contributed by atoms with E-state index in [9.17, 15) is 18.0 Å². The number of hydrogen-bond acceptors (Lipinski definition) is 5. The maximum Gasteiger partial charge on any atom is 0.490 e. The highest BCUT2D eigenvalue weighted by atomic mass is 19.4. The Balaban J connectivity index is 0.000000360. The molecule has 0 aromatic carbocycles. The molecule has 1 aromatic rings. The van der Waals surface area contributed by atoms with Crippen molar-refractivity contribution < 1.29 is 32.6 Å². The Hall–Kier alpha value is -2.14. The van der Waals surface area contributed by atoms with Crippen LogP contribution in [0.15, 0.2) is 12.3 Å². The lowest BCUT2D eigenvalue weighted by atomic mass is 9.85. The van der Waals surface area contributed by atoms with Gasteiger partial charge in [0.2, 0.25) is 0 Å². The molecule has 3 heterocycles. The van der Waals surface area contributed by atoms with Gasteiger partial charge in [-0.1, -0.05) is 0 Å². The predicted molar refractivity (Wildman–Crippen MR) is 109 cm³/mol. The van der Waals surface area contributed by atoms with Crippen LogP contribution in [0.25, 0.3) is 0 Å². The van der Waals surface area contributed by atoms with Crippen molar-refractivity contribution in [2.75, 3.05) is 33.4 Å². The lowest BCUT2D eigenvalue weighted by Gasteiger charge is -2.45. The van der Waals surface area contributed by atoms with Gasteiger partial charge in [-0.2, -0.15) is 18.3 Å². The number of nitrogens with zero attached hydrogens (tertiary/aromatic N) is 4. The minimum atomic E-state index is -5.08. The van der Waals surface area contributed by atoms with Crippen LogP contribution >= 0.6 is 0 Å². The molecule has 1 aliphatic carbocycles. The second kappa shape index (κ2) is 9.78. The molecule has 1 aromatic heterocycles. The fourth-order valence-corrected chi connectivity index (χ4v) is 4.52. The lowest BCUT2D eigenvalue weighted by Crippen LogP contribution is -2.54. The first-order valence-electron chi connectivity index (χ1n) is 10.9. The van der Waals surface area contributed by atoms with Crippen molar-refractivity contribution >= 4 is 11.9 Å². The van der Waals surface area contributed by atoms with Crippen molar-refractivity contribution in [1.29, 1.82) is 0 Å². The molecule has 1 spiro atoms. The van der Waals surface area contributed by atoms with Crippen LogP contribution in [-0.2, 0) is 16.6 Å². The minimum absolute atomic E-state index is 0.111. The number of hydrogen-bond donors (Lipinski definition) is 1. The number of halogens is 3. The Kier molecular flexibility index (Phi) is 7.49. The standard InChI is InChI=1S/C19H30N4O2.C2HF3O2/c1-21-16(14-25-13-15-3-4-15)5-7-19(21)8-11-23(12-9-19)18(24)17-6-10-20-22(17)2;3-2(4,5)1(6)7/h6,10,15-16H,3-5,7-9,11-14H2,1-2H3;(H,6,7). The summed E-state index contributed by atoms with van der Waals surface area (Å²) < 4.78 is 39.4. The molecular weight excluding hydrogens is 429 g/mol. The first-order valence-corrected chi connectivity index (χ1v) is 10.9. The molecule has 0 radical (unpaired) electrons. The Morgan fingerprint density at radius 1 is 1.16 bits per heavy atom. The topological polar surface area (TPSA) is 87.9 Å². The van der Waals surface area contributed by atoms with Crippen LogP contribution in [0.3, 0.4) is 0 Å². The Morgan fingerprint density at radius 3 is 2.28 bits per heavy atom. The van der Waals surface area contributed by atoms with Gasteiger partial charge in [-0.3, -0.25) is 14.4 Å². The third-order valence-electron chi connectivity index (χ3n) is 6.86. The van der Waals surface area contributed by atoms with E-state index in [1.54, 1.807) is 10.9 Å². The van der Waals surface area contributed by atoms with Gasteiger partial charge in [0, 0.05) is 44.5 Å². The van der Waals surface area contributed by atoms with Gasteiger partial charge < -0.3 is 14.7 Å². The van der Waals surface area contributed by atoms with E-state index in [0.717, 1.165) is 45.1 Å². The molecule has 32 heavy (non-hydrogen) atoms. The number of carboxylic acids is 1. The van der Waals surface area contributed by atoms with E-state index < -0.39 is 12.1 Å². The van der Waals surface area contributed by atoms with Crippen molar-refractivity contribution in [3.8, 4) is 0 Å². The van der Waals surface area contributed by atoms with E-state index in [1.807, 2.05) is 18.0 Å². The number of carboxylic acid groups (broad SMARTS) is 1. The van der Waals surface area contributed by atoms with Crippen LogP contribution in [-0.4, -0.2) is 87.7 Å². The fourth-order valence-electron chi connectivity index (χ4n) is 4.52. The Bertz CT molecular complexity index is 801. The molecule has 0 bridgehead atoms. The van der Waals surface area contributed by atoms with Gasteiger partial charge in [0.15, 0.2) is 0 Å². The summed E-state index contributed by atoms with van der Waals surface area (Å²) in [5, 5.41) is 11.2. The maximum atomic E-state index is 12.7. The number of likely N-dealkylation sites (N-methyl/N-ethyl adjacent to an activating group) is 1. The van der Waals surface area contributed by atoms with Gasteiger partial charge in [0.25, 0.3) is 5.91 Å². The highest BCUT2D eigenvalue weighted by Gasteiger charge is 2.46. The van der Waals surface area contributed by atoms with Crippen LogP contribution < -0.4 is 0 Å². The number of ether oxygens (including phenoxy) is 1. The lowest BCUT2D eigenvalue weighted by molar-refractivity contribution is -0.192. The number of likely N-dealkylation sites (tertiary alicyclic amines) is 2. The van der Waals surface area contributed by atoms with Gasteiger partial charge in [0.05, 0.1) is 6.61 Å². The highest BCUT2D eigenvalue weighted by molar-refractivity contribution is 5.92. The predicted octanol–water partition coefficient (Wildman–Crippen LogP) is 2.55. The second-order valence-corrected chi connectivity index (χ2v) is 8.94. The van der Waals surface area contributed by atoms with Crippen molar-refractivity contribution in [3.05, 3.63) is 18.0 Å². The van der Waals surface area contributed by atoms with Gasteiger partial charge in [-0.25, -0.2) is 4.79 Å². The van der Waals surface area contributed by atoms with E-state index in [4.69, 9.17) is 14.6 Å². The van der Waals surface area contributed by atoms with Crippen molar-refractivity contribution in [2.45, 2.75) is 56.3 Å². The molecule has 1 amide bonds. The van der Waals surface area contributed by atoms with Crippen molar-refractivity contribution in [2.24, 2.45) is 13.0 Å². The average molecular weight is 460 g/mol. The number of rotatable bonds is 5. The Labute approximate surface area is 185 Å². The summed E-state index contributed by atoms with van der Waals surface area (Å²) in [6, 6.07) is 2.35. The second-order valence-electron chi connectivity index (χ2n) is 8.94. The van der Waals surface area contributed by atoms with Crippen LogP contribution in [0, 0.1) is 5.92 Å². The van der Waals surface area contributed by atoms with Crippen LogP contribution in [0.2, 0.25) is 0 Å². The van der Waals surface area contributed by atoms with E-state index in [0.29, 0.717) is 11.7 Å². The largest absolute Gasteiger partial charge is 0.490 e. The molecule has 1 atom stereocenters. The van der Waals surface area contributed by atoms with Gasteiger partial charge in [-0.15, -0.1) is 0 Å². The summed E-state index contributed by atoms with van der Waals surface area (Å²) in [6.07, 6.45) is 3.88. The number of piperidine rings is 1. The quantitative estimate of drug-likeness (QED) is 0.727. The number of aromatic nitrogens is 2. The first-order chi connectivity index (χ1) is 15.0. The fraction of sp³-hybridized carbons (Fsp3) is 0.762. The van der Waals surface area contributed by atoms with Crippen molar-refractivity contribution in [3.63, 3.8) is 0 Å². The van der Waals surface area contributed by atoms with Gasteiger partial charge in [0.1, 0.15) is 5.69 Å². The molecule has 180 valence electrons. The van der Waals surface area contributed by atoms with Gasteiger partial charge in [-0.05, 0) is 57.6 Å². The number of alkyl halides is 3. The molecule has 1 N–H and O–H groups in total. The summed E-state index contributed by atoms with van der Waals surface area (Å²) in [5.74, 6) is -1.81. The molecule has 8 nitrogen and oxygen atoms in total. The zero-order valence-electron chi connectivity index (χ0n) is 18.5. The third kappa shape index (κ3) is 5.80. The molecule has 3 aliphatic rings. The molecular formula is C21H31F3N4O4. The van der Waals surface area contributed by atoms with Crippen LogP contribution in [0.1, 0.15) is 49.0 Å². The Morgan fingerprint density at radius 2 is 1.78 bits per heavy atom.